The van der Waals surface area contributed by atoms with Crippen LogP contribution in [0.25, 0.3) is 4.96 Å². The van der Waals surface area contributed by atoms with Crippen molar-refractivity contribution in [1.82, 2.24) is 19.7 Å². The number of nitrogens with zero attached hydrogens (tertiary/aromatic N) is 3. The summed E-state index contributed by atoms with van der Waals surface area (Å²) in [5.41, 5.74) is 1.45. The number of hydrogen-bond acceptors (Lipinski definition) is 5. The number of nitrogens with one attached hydrogen (secondary N) is 1. The van der Waals surface area contributed by atoms with Crippen LogP contribution in [-0.4, -0.2) is 26.8 Å². The van der Waals surface area contributed by atoms with Crippen LogP contribution in [0.1, 0.15) is 28.5 Å². The van der Waals surface area contributed by atoms with Gasteiger partial charge in [-0.05, 0) is 30.5 Å². The fraction of sp³-hybridized carbons (Fsp3) is 0.250. The monoisotopic (exact) mass is 328 g/mol. The molecule has 0 radical (unpaired) electrons. The van der Waals surface area contributed by atoms with Gasteiger partial charge < -0.3 is 5.32 Å². The molecule has 3 heterocycles. The number of aryl methyl sites for hydroxylation is 1. The summed E-state index contributed by atoms with van der Waals surface area (Å²) in [6.07, 6.45) is 6.30. The predicted octanol–water partition coefficient (Wildman–Crippen LogP) is 1.69. The highest BCUT2D eigenvalue weighted by molar-refractivity contribution is 7.15. The molecule has 3 aromatic heterocycles. The Morgan fingerprint density at radius 1 is 1.35 bits per heavy atom. The maximum absolute atomic E-state index is 12.5. The van der Waals surface area contributed by atoms with Crippen LogP contribution in [-0.2, 0) is 12.8 Å². The summed E-state index contributed by atoms with van der Waals surface area (Å²) in [5.74, 6) is -0.367. The SMILES string of the molecule is CCc1nc2sccn2c(=O)c1C(=O)NCCc1ccncc1. The normalized spacial score (nSPS) is 10.8. The lowest BCUT2D eigenvalue weighted by atomic mass is 10.1. The molecule has 0 atom stereocenters. The smallest absolute Gasteiger partial charge is 0.271 e. The second-order valence-electron chi connectivity index (χ2n) is 5.01. The second kappa shape index (κ2) is 6.70. The summed E-state index contributed by atoms with van der Waals surface area (Å²) in [4.78, 5) is 33.9. The van der Waals surface area contributed by atoms with Crippen LogP contribution in [0.2, 0.25) is 0 Å². The van der Waals surface area contributed by atoms with E-state index in [1.54, 1.807) is 24.0 Å². The Kier molecular flexibility index (Phi) is 4.47. The molecular formula is C16H16N4O2S. The Hall–Kier alpha value is -2.54. The molecule has 0 spiro atoms. The minimum absolute atomic E-state index is 0.137. The number of pyridine rings is 1. The molecule has 0 aliphatic rings. The molecule has 7 heteroatoms. The van der Waals surface area contributed by atoms with Gasteiger partial charge in [-0.25, -0.2) is 4.98 Å². The molecule has 3 rings (SSSR count). The Labute approximate surface area is 136 Å². The van der Waals surface area contributed by atoms with Crippen LogP contribution < -0.4 is 10.9 Å². The summed E-state index contributed by atoms with van der Waals surface area (Å²) in [5, 5.41) is 4.60. The van der Waals surface area contributed by atoms with Gasteiger partial charge in [0.2, 0.25) is 0 Å². The molecule has 1 amide bonds. The van der Waals surface area contributed by atoms with Gasteiger partial charge >= 0.3 is 0 Å². The van der Waals surface area contributed by atoms with Crippen LogP contribution in [0.3, 0.4) is 0 Å². The molecule has 0 aliphatic carbocycles. The first-order chi connectivity index (χ1) is 11.2. The van der Waals surface area contributed by atoms with E-state index in [1.165, 1.54) is 15.7 Å². The van der Waals surface area contributed by atoms with E-state index >= 15 is 0 Å². The average molecular weight is 328 g/mol. The molecule has 23 heavy (non-hydrogen) atoms. The molecular weight excluding hydrogens is 312 g/mol. The first-order valence-electron chi connectivity index (χ1n) is 7.36. The number of thiazole rings is 1. The van der Waals surface area contributed by atoms with Gasteiger partial charge in [0.15, 0.2) is 4.96 Å². The number of rotatable bonds is 5. The van der Waals surface area contributed by atoms with Gasteiger partial charge in [-0.15, -0.1) is 11.3 Å². The fourth-order valence-electron chi connectivity index (χ4n) is 2.36. The summed E-state index contributed by atoms with van der Waals surface area (Å²) < 4.78 is 1.42. The van der Waals surface area contributed by atoms with Gasteiger partial charge in [0, 0.05) is 30.5 Å². The van der Waals surface area contributed by atoms with Gasteiger partial charge in [-0.3, -0.25) is 19.0 Å². The number of fused-ring (bicyclic) bond motifs is 1. The third kappa shape index (κ3) is 3.14. The van der Waals surface area contributed by atoms with E-state index < -0.39 is 0 Å². The lowest BCUT2D eigenvalue weighted by Gasteiger charge is -2.08. The quantitative estimate of drug-likeness (QED) is 0.773. The zero-order valence-electron chi connectivity index (χ0n) is 12.7. The zero-order valence-corrected chi connectivity index (χ0v) is 13.5. The number of carbonyl (C=O) groups is 1. The highest BCUT2D eigenvalue weighted by Crippen LogP contribution is 2.10. The minimum atomic E-state index is -0.367. The molecule has 3 aromatic rings. The molecule has 0 saturated heterocycles. The van der Waals surface area contributed by atoms with Crippen molar-refractivity contribution >= 4 is 22.2 Å². The number of amides is 1. The van der Waals surface area contributed by atoms with E-state index in [9.17, 15) is 9.59 Å². The third-order valence-corrected chi connectivity index (χ3v) is 4.31. The first kappa shape index (κ1) is 15.4. The van der Waals surface area contributed by atoms with Gasteiger partial charge in [0.05, 0.1) is 5.69 Å². The average Bonchev–Trinajstić information content (AvgIpc) is 3.04. The van der Waals surface area contributed by atoms with Gasteiger partial charge in [-0.1, -0.05) is 6.92 Å². The van der Waals surface area contributed by atoms with Crippen LogP contribution in [0.5, 0.6) is 0 Å². The van der Waals surface area contributed by atoms with Crippen molar-refractivity contribution in [2.24, 2.45) is 0 Å². The molecule has 118 valence electrons. The van der Waals surface area contributed by atoms with Crippen molar-refractivity contribution in [1.29, 1.82) is 0 Å². The van der Waals surface area contributed by atoms with Gasteiger partial charge in [0.25, 0.3) is 11.5 Å². The Balaban J connectivity index is 1.80. The third-order valence-electron chi connectivity index (χ3n) is 3.55. The van der Waals surface area contributed by atoms with E-state index in [4.69, 9.17) is 0 Å². The molecule has 6 nitrogen and oxygen atoms in total. The van der Waals surface area contributed by atoms with Crippen LogP contribution in [0, 0.1) is 0 Å². The van der Waals surface area contributed by atoms with Crippen molar-refractivity contribution in [3.05, 3.63) is 63.3 Å². The maximum atomic E-state index is 12.5. The van der Waals surface area contributed by atoms with E-state index in [0.29, 0.717) is 30.0 Å². The number of carbonyl (C=O) groups excluding carboxylic acids is 1. The van der Waals surface area contributed by atoms with Crippen molar-refractivity contribution in [3.63, 3.8) is 0 Å². The van der Waals surface area contributed by atoms with Gasteiger partial charge in [-0.2, -0.15) is 0 Å². The molecule has 0 fully saturated rings. The molecule has 0 unspecified atom stereocenters. The largest absolute Gasteiger partial charge is 0.351 e. The van der Waals surface area contributed by atoms with Crippen molar-refractivity contribution in [2.45, 2.75) is 19.8 Å². The van der Waals surface area contributed by atoms with E-state index in [0.717, 1.165) is 5.56 Å². The molecule has 0 saturated carbocycles. The topological polar surface area (TPSA) is 76.4 Å². The lowest BCUT2D eigenvalue weighted by Crippen LogP contribution is -2.34. The Morgan fingerprint density at radius 2 is 2.13 bits per heavy atom. The predicted molar refractivity (Wildman–Crippen MR) is 89.0 cm³/mol. The van der Waals surface area contributed by atoms with Crippen LogP contribution >= 0.6 is 11.3 Å². The molecule has 0 aliphatic heterocycles. The highest BCUT2D eigenvalue weighted by Gasteiger charge is 2.18. The van der Waals surface area contributed by atoms with Crippen molar-refractivity contribution in [3.8, 4) is 0 Å². The highest BCUT2D eigenvalue weighted by atomic mass is 32.1. The number of hydrogen-bond donors (Lipinski definition) is 1. The van der Waals surface area contributed by atoms with E-state index in [2.05, 4.69) is 15.3 Å². The molecule has 1 N–H and O–H groups in total. The second-order valence-corrected chi connectivity index (χ2v) is 5.88. The lowest BCUT2D eigenvalue weighted by molar-refractivity contribution is 0.0951. The van der Waals surface area contributed by atoms with E-state index in [-0.39, 0.29) is 17.0 Å². The van der Waals surface area contributed by atoms with Crippen molar-refractivity contribution in [2.75, 3.05) is 6.54 Å². The standard InChI is InChI=1S/C16H16N4O2S/c1-2-12-13(15(22)20-9-10-23-16(20)19-12)14(21)18-8-5-11-3-6-17-7-4-11/h3-4,6-7,9-10H,2,5,8H2,1H3,(H,18,21). The summed E-state index contributed by atoms with van der Waals surface area (Å²) in [6, 6.07) is 3.80. The molecule has 0 aromatic carbocycles. The maximum Gasteiger partial charge on any atom is 0.271 e. The fourth-order valence-corrected chi connectivity index (χ4v) is 3.09. The first-order valence-corrected chi connectivity index (χ1v) is 8.24. The summed E-state index contributed by atoms with van der Waals surface area (Å²) in [6.45, 7) is 2.34. The zero-order chi connectivity index (χ0) is 16.2. The summed E-state index contributed by atoms with van der Waals surface area (Å²) in [7, 11) is 0. The van der Waals surface area contributed by atoms with Crippen LogP contribution in [0.4, 0.5) is 0 Å². The molecule has 0 bridgehead atoms. The Morgan fingerprint density at radius 3 is 2.87 bits per heavy atom. The minimum Gasteiger partial charge on any atom is -0.351 e. The van der Waals surface area contributed by atoms with E-state index in [1.807, 2.05) is 19.1 Å². The number of aromatic nitrogens is 3. The van der Waals surface area contributed by atoms with Gasteiger partial charge in [0.1, 0.15) is 5.56 Å². The van der Waals surface area contributed by atoms with Crippen LogP contribution in [0.15, 0.2) is 40.9 Å². The summed E-state index contributed by atoms with van der Waals surface area (Å²) >= 11 is 1.38. The Bertz CT molecular complexity index is 886. The van der Waals surface area contributed by atoms with Crippen molar-refractivity contribution < 1.29 is 4.79 Å².